The Hall–Kier alpha value is -1.66. The Morgan fingerprint density at radius 1 is 1.45 bits per heavy atom. The zero-order valence-electron chi connectivity index (χ0n) is 11.6. The number of rotatable bonds is 6. The van der Waals surface area contributed by atoms with Crippen molar-refractivity contribution in [2.75, 3.05) is 26.2 Å². The Balaban J connectivity index is 2.00. The van der Waals surface area contributed by atoms with E-state index in [9.17, 15) is 15.2 Å². The first-order chi connectivity index (χ1) is 9.58. The largest absolute Gasteiger partial charge is 0.492 e. The highest BCUT2D eigenvalue weighted by molar-refractivity contribution is 5.44. The van der Waals surface area contributed by atoms with E-state index in [4.69, 9.17) is 4.74 Å². The van der Waals surface area contributed by atoms with Gasteiger partial charge >= 0.3 is 0 Å². The minimum absolute atomic E-state index is 0.0345. The highest BCUT2D eigenvalue weighted by atomic mass is 16.6. The summed E-state index contributed by atoms with van der Waals surface area (Å²) in [6, 6.07) is 4.33. The molecule has 0 aliphatic carbocycles. The van der Waals surface area contributed by atoms with Gasteiger partial charge in [-0.25, -0.2) is 0 Å². The van der Waals surface area contributed by atoms with Gasteiger partial charge in [0.15, 0.2) is 0 Å². The maximum absolute atomic E-state index is 10.8. The van der Waals surface area contributed by atoms with Crippen molar-refractivity contribution in [1.82, 2.24) is 4.90 Å². The normalized spacial score (nSPS) is 17.1. The van der Waals surface area contributed by atoms with Gasteiger partial charge in [0.2, 0.25) is 0 Å². The predicted molar refractivity (Wildman–Crippen MR) is 74.9 cm³/mol. The molecule has 2 rings (SSSR count). The van der Waals surface area contributed by atoms with E-state index in [1.165, 1.54) is 25.0 Å². The minimum Gasteiger partial charge on any atom is -0.492 e. The number of non-ortho nitro benzene ring substituents is 1. The monoisotopic (exact) mass is 280 g/mol. The van der Waals surface area contributed by atoms with Crippen molar-refractivity contribution in [1.29, 1.82) is 0 Å². The standard InChI is InChI=1S/C14H20N2O4/c1-11(17)13-10-12(16(18)19)4-5-14(13)20-9-8-15-6-2-3-7-15/h4-5,10-11,17H,2-3,6-9H2,1H3/t11-/m1/s1. The van der Waals surface area contributed by atoms with Crippen LogP contribution in [0, 0.1) is 10.1 Å². The number of nitro groups is 1. The second-order valence-electron chi connectivity index (χ2n) is 5.05. The third-order valence-corrected chi connectivity index (χ3v) is 3.52. The summed E-state index contributed by atoms with van der Waals surface area (Å²) in [5, 5.41) is 20.5. The average Bonchev–Trinajstić information content (AvgIpc) is 2.91. The molecule has 1 aliphatic heterocycles. The van der Waals surface area contributed by atoms with Crippen molar-refractivity contribution in [3.63, 3.8) is 0 Å². The van der Waals surface area contributed by atoms with Crippen LogP contribution in [-0.4, -0.2) is 41.2 Å². The molecule has 0 unspecified atom stereocenters. The van der Waals surface area contributed by atoms with Crippen LogP contribution in [0.1, 0.15) is 31.4 Å². The maximum atomic E-state index is 10.8. The lowest BCUT2D eigenvalue weighted by Gasteiger charge is -2.17. The van der Waals surface area contributed by atoms with Crippen LogP contribution >= 0.6 is 0 Å². The Morgan fingerprint density at radius 2 is 2.15 bits per heavy atom. The zero-order chi connectivity index (χ0) is 14.5. The first-order valence-electron chi connectivity index (χ1n) is 6.89. The van der Waals surface area contributed by atoms with Gasteiger partial charge in [-0.2, -0.15) is 0 Å². The van der Waals surface area contributed by atoms with E-state index in [0.29, 0.717) is 17.9 Å². The highest BCUT2D eigenvalue weighted by Gasteiger charge is 2.16. The van der Waals surface area contributed by atoms with E-state index in [0.717, 1.165) is 19.6 Å². The molecule has 0 spiro atoms. The molecule has 1 atom stereocenters. The van der Waals surface area contributed by atoms with Gasteiger partial charge in [0.25, 0.3) is 5.69 Å². The summed E-state index contributed by atoms with van der Waals surface area (Å²) < 4.78 is 5.67. The van der Waals surface area contributed by atoms with Crippen LogP contribution in [0.15, 0.2) is 18.2 Å². The quantitative estimate of drug-likeness (QED) is 0.638. The number of hydrogen-bond donors (Lipinski definition) is 1. The minimum atomic E-state index is -0.795. The highest BCUT2D eigenvalue weighted by Crippen LogP contribution is 2.29. The molecule has 0 radical (unpaired) electrons. The lowest BCUT2D eigenvalue weighted by Crippen LogP contribution is -2.25. The summed E-state index contributed by atoms with van der Waals surface area (Å²) in [6.07, 6.45) is 1.67. The molecule has 6 heteroatoms. The number of ether oxygens (including phenoxy) is 1. The van der Waals surface area contributed by atoms with Crippen LogP contribution in [0.2, 0.25) is 0 Å². The average molecular weight is 280 g/mol. The molecule has 1 saturated heterocycles. The first kappa shape index (κ1) is 14.7. The molecule has 1 fully saturated rings. The van der Waals surface area contributed by atoms with Crippen molar-refractivity contribution in [2.45, 2.75) is 25.9 Å². The van der Waals surface area contributed by atoms with Gasteiger partial charge in [0, 0.05) is 24.2 Å². The van der Waals surface area contributed by atoms with E-state index in [-0.39, 0.29) is 5.69 Å². The molecule has 0 aromatic heterocycles. The van der Waals surface area contributed by atoms with E-state index in [1.54, 1.807) is 13.0 Å². The topological polar surface area (TPSA) is 75.8 Å². The van der Waals surface area contributed by atoms with Crippen LogP contribution in [-0.2, 0) is 0 Å². The molecule has 0 saturated carbocycles. The summed E-state index contributed by atoms with van der Waals surface area (Å²) in [5.41, 5.74) is 0.424. The molecule has 1 heterocycles. The van der Waals surface area contributed by atoms with Gasteiger partial charge in [-0.15, -0.1) is 0 Å². The summed E-state index contributed by atoms with van der Waals surface area (Å²) in [7, 11) is 0. The molecular formula is C14H20N2O4. The fourth-order valence-corrected chi connectivity index (χ4v) is 2.40. The van der Waals surface area contributed by atoms with Crippen LogP contribution in [0.3, 0.4) is 0 Å². The fraction of sp³-hybridized carbons (Fsp3) is 0.571. The number of hydrogen-bond acceptors (Lipinski definition) is 5. The predicted octanol–water partition coefficient (Wildman–Crippen LogP) is 2.12. The van der Waals surface area contributed by atoms with Crippen molar-refractivity contribution in [3.05, 3.63) is 33.9 Å². The van der Waals surface area contributed by atoms with Gasteiger partial charge < -0.3 is 9.84 Å². The Bertz CT molecular complexity index is 470. The second-order valence-corrected chi connectivity index (χ2v) is 5.05. The molecule has 0 amide bonds. The van der Waals surface area contributed by atoms with E-state index in [2.05, 4.69) is 4.90 Å². The maximum Gasteiger partial charge on any atom is 0.270 e. The SMILES string of the molecule is C[C@@H](O)c1cc([N+](=O)[O-])ccc1OCCN1CCCC1. The molecule has 1 aromatic carbocycles. The van der Waals surface area contributed by atoms with Crippen LogP contribution in [0.25, 0.3) is 0 Å². The zero-order valence-corrected chi connectivity index (χ0v) is 11.6. The third-order valence-electron chi connectivity index (χ3n) is 3.52. The molecule has 0 bridgehead atoms. The molecule has 110 valence electrons. The van der Waals surface area contributed by atoms with Crippen molar-refractivity contribution >= 4 is 5.69 Å². The van der Waals surface area contributed by atoms with Crippen molar-refractivity contribution in [2.24, 2.45) is 0 Å². The molecular weight excluding hydrogens is 260 g/mol. The van der Waals surface area contributed by atoms with E-state index in [1.807, 2.05) is 0 Å². The molecule has 1 aromatic rings. The van der Waals surface area contributed by atoms with Crippen molar-refractivity contribution < 1.29 is 14.8 Å². The number of benzene rings is 1. The summed E-state index contributed by atoms with van der Waals surface area (Å²) in [4.78, 5) is 12.6. The van der Waals surface area contributed by atoms with E-state index >= 15 is 0 Å². The first-order valence-corrected chi connectivity index (χ1v) is 6.89. The van der Waals surface area contributed by atoms with Crippen LogP contribution < -0.4 is 4.74 Å². The Kier molecular flexibility index (Phi) is 4.92. The molecule has 1 aliphatic rings. The summed E-state index contributed by atoms with van der Waals surface area (Å²) in [5.74, 6) is 0.518. The van der Waals surface area contributed by atoms with Gasteiger partial charge in [0.1, 0.15) is 12.4 Å². The lowest BCUT2D eigenvalue weighted by atomic mass is 10.1. The molecule has 6 nitrogen and oxygen atoms in total. The summed E-state index contributed by atoms with van der Waals surface area (Å²) in [6.45, 7) is 5.15. The molecule has 1 N–H and O–H groups in total. The van der Waals surface area contributed by atoms with Gasteiger partial charge in [-0.05, 0) is 38.9 Å². The smallest absolute Gasteiger partial charge is 0.270 e. The Morgan fingerprint density at radius 3 is 2.75 bits per heavy atom. The second kappa shape index (κ2) is 6.67. The number of nitrogens with zero attached hydrogens (tertiary/aromatic N) is 2. The summed E-state index contributed by atoms with van der Waals surface area (Å²) >= 11 is 0. The van der Waals surface area contributed by atoms with Gasteiger partial charge in [0.05, 0.1) is 11.0 Å². The van der Waals surface area contributed by atoms with Gasteiger partial charge in [-0.1, -0.05) is 0 Å². The van der Waals surface area contributed by atoms with Crippen LogP contribution in [0.5, 0.6) is 5.75 Å². The Labute approximate surface area is 118 Å². The number of aliphatic hydroxyl groups excluding tert-OH is 1. The molecule has 20 heavy (non-hydrogen) atoms. The third kappa shape index (κ3) is 3.68. The lowest BCUT2D eigenvalue weighted by molar-refractivity contribution is -0.385. The fourth-order valence-electron chi connectivity index (χ4n) is 2.40. The number of aliphatic hydroxyl groups is 1. The number of likely N-dealkylation sites (tertiary alicyclic amines) is 1. The van der Waals surface area contributed by atoms with Crippen molar-refractivity contribution in [3.8, 4) is 5.75 Å². The van der Waals surface area contributed by atoms with Crippen LogP contribution in [0.4, 0.5) is 5.69 Å². The number of nitro benzene ring substituents is 1. The van der Waals surface area contributed by atoms with Gasteiger partial charge in [-0.3, -0.25) is 15.0 Å². The van der Waals surface area contributed by atoms with E-state index < -0.39 is 11.0 Å².